The number of pyridine rings is 1. The maximum atomic E-state index is 4.54. The number of anilines is 1. The van der Waals surface area contributed by atoms with Crippen molar-refractivity contribution >= 4 is 5.95 Å². The second kappa shape index (κ2) is 5.78. The molecule has 2 rings (SSSR count). The Balaban J connectivity index is 2.14. The van der Waals surface area contributed by atoms with Crippen molar-refractivity contribution in [1.82, 2.24) is 15.0 Å². The van der Waals surface area contributed by atoms with Gasteiger partial charge in [-0.15, -0.1) is 0 Å². The molecule has 2 aromatic rings. The summed E-state index contributed by atoms with van der Waals surface area (Å²) in [5.74, 6) is 1.10. The average Bonchev–Trinajstić information content (AvgIpc) is 2.37. The molecule has 0 saturated heterocycles. The first-order valence-corrected chi connectivity index (χ1v) is 6.55. The first-order chi connectivity index (χ1) is 9.06. The maximum Gasteiger partial charge on any atom is 0.223 e. The lowest BCUT2D eigenvalue weighted by molar-refractivity contribution is 0.808. The molecule has 0 unspecified atom stereocenters. The zero-order valence-corrected chi connectivity index (χ0v) is 11.9. The van der Waals surface area contributed by atoms with E-state index in [1.165, 1.54) is 11.1 Å². The van der Waals surface area contributed by atoms with Crippen LogP contribution in [0.3, 0.4) is 0 Å². The van der Waals surface area contributed by atoms with Crippen molar-refractivity contribution in [3.63, 3.8) is 0 Å². The molecule has 2 heterocycles. The van der Waals surface area contributed by atoms with Crippen LogP contribution >= 0.6 is 0 Å². The fraction of sp³-hybridized carbons (Fsp3) is 0.400. The van der Waals surface area contributed by atoms with E-state index < -0.39 is 0 Å². The lowest BCUT2D eigenvalue weighted by Crippen LogP contribution is -2.08. The summed E-state index contributed by atoms with van der Waals surface area (Å²) in [7, 11) is 0. The van der Waals surface area contributed by atoms with Gasteiger partial charge in [0.15, 0.2) is 0 Å². The molecule has 0 atom stereocenters. The Kier molecular flexibility index (Phi) is 4.10. The highest BCUT2D eigenvalue weighted by atomic mass is 15.1. The zero-order valence-electron chi connectivity index (χ0n) is 11.9. The third kappa shape index (κ3) is 3.50. The molecule has 4 nitrogen and oxygen atoms in total. The first-order valence-electron chi connectivity index (χ1n) is 6.55. The maximum absolute atomic E-state index is 4.54. The van der Waals surface area contributed by atoms with Crippen LogP contribution < -0.4 is 5.32 Å². The molecule has 0 saturated carbocycles. The number of nitrogens with zero attached hydrogens (tertiary/aromatic N) is 3. The summed E-state index contributed by atoms with van der Waals surface area (Å²) in [6.45, 7) is 9.05. The van der Waals surface area contributed by atoms with Crippen molar-refractivity contribution in [2.75, 3.05) is 5.32 Å². The molecular weight excluding hydrogens is 236 g/mol. The van der Waals surface area contributed by atoms with Crippen LogP contribution in [0.5, 0.6) is 0 Å². The van der Waals surface area contributed by atoms with Gasteiger partial charge in [0.1, 0.15) is 0 Å². The number of aromatic nitrogens is 3. The molecule has 19 heavy (non-hydrogen) atoms. The van der Waals surface area contributed by atoms with Crippen LogP contribution in [0.15, 0.2) is 24.5 Å². The van der Waals surface area contributed by atoms with Gasteiger partial charge in [0.2, 0.25) is 5.95 Å². The Morgan fingerprint density at radius 3 is 2.68 bits per heavy atom. The summed E-state index contributed by atoms with van der Waals surface area (Å²) < 4.78 is 0. The van der Waals surface area contributed by atoms with Crippen molar-refractivity contribution < 1.29 is 0 Å². The molecule has 100 valence electrons. The lowest BCUT2D eigenvalue weighted by Gasteiger charge is -2.11. The van der Waals surface area contributed by atoms with Crippen LogP contribution in [0.25, 0.3) is 0 Å². The van der Waals surface area contributed by atoms with E-state index in [4.69, 9.17) is 0 Å². The first kappa shape index (κ1) is 13.5. The molecule has 0 radical (unpaired) electrons. The van der Waals surface area contributed by atoms with Crippen LogP contribution in [0.2, 0.25) is 0 Å². The van der Waals surface area contributed by atoms with E-state index in [9.17, 15) is 0 Å². The van der Waals surface area contributed by atoms with Gasteiger partial charge in [-0.1, -0.05) is 13.8 Å². The molecule has 0 spiro atoms. The summed E-state index contributed by atoms with van der Waals surface area (Å²) in [5, 5.41) is 3.29. The number of nitrogens with one attached hydrogen (secondary N) is 1. The topological polar surface area (TPSA) is 50.7 Å². The third-order valence-electron chi connectivity index (χ3n) is 3.04. The van der Waals surface area contributed by atoms with E-state index in [-0.39, 0.29) is 0 Å². The molecule has 2 aromatic heterocycles. The van der Waals surface area contributed by atoms with Gasteiger partial charge in [-0.05, 0) is 43.0 Å². The van der Waals surface area contributed by atoms with Gasteiger partial charge < -0.3 is 5.32 Å². The van der Waals surface area contributed by atoms with Crippen LogP contribution in [0.4, 0.5) is 5.95 Å². The smallest absolute Gasteiger partial charge is 0.223 e. The van der Waals surface area contributed by atoms with Gasteiger partial charge in [0.05, 0.1) is 0 Å². The van der Waals surface area contributed by atoms with E-state index in [0.29, 0.717) is 11.9 Å². The monoisotopic (exact) mass is 256 g/mol. The number of rotatable bonds is 4. The second-order valence-corrected chi connectivity index (χ2v) is 5.07. The van der Waals surface area contributed by atoms with E-state index >= 15 is 0 Å². The van der Waals surface area contributed by atoms with E-state index in [1.54, 1.807) is 6.20 Å². The number of aryl methyl sites for hydroxylation is 2. The van der Waals surface area contributed by atoms with Gasteiger partial charge in [0, 0.05) is 30.3 Å². The SMILES string of the molecule is Cc1cc(C(C)C)nc(NCc2ccncc2C)n1. The Morgan fingerprint density at radius 2 is 2.00 bits per heavy atom. The quantitative estimate of drug-likeness (QED) is 0.912. The van der Waals surface area contributed by atoms with Crippen LogP contribution in [0.1, 0.15) is 42.3 Å². The Bertz CT molecular complexity index is 564. The standard InChI is InChI=1S/C15H20N4/c1-10(2)14-7-12(4)18-15(19-14)17-9-13-5-6-16-8-11(13)3/h5-8,10H,9H2,1-4H3,(H,17,18,19). The highest BCUT2D eigenvalue weighted by molar-refractivity contribution is 5.32. The highest BCUT2D eigenvalue weighted by Gasteiger charge is 2.06. The van der Waals surface area contributed by atoms with Crippen molar-refractivity contribution in [1.29, 1.82) is 0 Å². The van der Waals surface area contributed by atoms with Crippen LogP contribution in [-0.4, -0.2) is 15.0 Å². The lowest BCUT2D eigenvalue weighted by atomic mass is 10.1. The van der Waals surface area contributed by atoms with Crippen molar-refractivity contribution in [3.8, 4) is 0 Å². The summed E-state index contributed by atoms with van der Waals surface area (Å²) >= 11 is 0. The average molecular weight is 256 g/mol. The predicted octanol–water partition coefficient (Wildman–Crippen LogP) is 3.22. The molecule has 0 amide bonds. The van der Waals surface area contributed by atoms with Gasteiger partial charge >= 0.3 is 0 Å². The summed E-state index contributed by atoms with van der Waals surface area (Å²) in [6, 6.07) is 4.05. The molecular formula is C15H20N4. The molecule has 0 aliphatic carbocycles. The molecule has 0 aliphatic heterocycles. The minimum absolute atomic E-state index is 0.407. The molecule has 0 aliphatic rings. The Morgan fingerprint density at radius 1 is 1.21 bits per heavy atom. The minimum Gasteiger partial charge on any atom is -0.350 e. The van der Waals surface area contributed by atoms with Gasteiger partial charge in [-0.25, -0.2) is 9.97 Å². The van der Waals surface area contributed by atoms with E-state index in [0.717, 1.165) is 17.9 Å². The van der Waals surface area contributed by atoms with Gasteiger partial charge in [-0.2, -0.15) is 0 Å². The molecule has 0 bridgehead atoms. The summed E-state index contributed by atoms with van der Waals surface area (Å²) in [4.78, 5) is 13.1. The van der Waals surface area contributed by atoms with Crippen molar-refractivity contribution in [2.45, 2.75) is 40.2 Å². The number of hydrogen-bond donors (Lipinski definition) is 1. The molecule has 4 heteroatoms. The summed E-state index contributed by atoms with van der Waals surface area (Å²) in [5.41, 5.74) is 4.45. The zero-order chi connectivity index (χ0) is 13.8. The van der Waals surface area contributed by atoms with Crippen LogP contribution in [-0.2, 0) is 6.54 Å². The van der Waals surface area contributed by atoms with Gasteiger partial charge in [0.25, 0.3) is 0 Å². The normalized spacial score (nSPS) is 10.8. The van der Waals surface area contributed by atoms with E-state index in [1.807, 2.05) is 25.3 Å². The van der Waals surface area contributed by atoms with Crippen LogP contribution in [0, 0.1) is 13.8 Å². The fourth-order valence-corrected chi connectivity index (χ4v) is 1.84. The Labute approximate surface area is 114 Å². The highest BCUT2D eigenvalue weighted by Crippen LogP contribution is 2.15. The Hall–Kier alpha value is -1.97. The molecule has 0 aromatic carbocycles. The number of hydrogen-bond acceptors (Lipinski definition) is 4. The predicted molar refractivity (Wildman–Crippen MR) is 77.2 cm³/mol. The fourth-order valence-electron chi connectivity index (χ4n) is 1.84. The van der Waals surface area contributed by atoms with E-state index in [2.05, 4.69) is 41.0 Å². The second-order valence-electron chi connectivity index (χ2n) is 5.07. The van der Waals surface area contributed by atoms with Crippen molar-refractivity contribution in [3.05, 3.63) is 47.0 Å². The summed E-state index contributed by atoms with van der Waals surface area (Å²) in [6.07, 6.45) is 3.67. The molecule has 0 fully saturated rings. The van der Waals surface area contributed by atoms with Gasteiger partial charge in [-0.3, -0.25) is 4.98 Å². The minimum atomic E-state index is 0.407. The van der Waals surface area contributed by atoms with Crippen molar-refractivity contribution in [2.24, 2.45) is 0 Å². The largest absolute Gasteiger partial charge is 0.350 e. The molecule has 1 N–H and O–H groups in total. The third-order valence-corrected chi connectivity index (χ3v) is 3.04.